The van der Waals surface area contributed by atoms with Crippen molar-refractivity contribution in [2.75, 3.05) is 12.3 Å². The Morgan fingerprint density at radius 1 is 1.19 bits per heavy atom. The fraction of sp³-hybridized carbons (Fsp3) is 0.118. The maximum atomic E-state index is 11.7. The minimum absolute atomic E-state index is 0.0661. The first-order chi connectivity index (χ1) is 10.2. The number of hydrogen-bond acceptors (Lipinski definition) is 4. The summed E-state index contributed by atoms with van der Waals surface area (Å²) in [7, 11) is 0. The van der Waals surface area contributed by atoms with Crippen LogP contribution in [0.15, 0.2) is 48.5 Å². The Hall–Kier alpha value is -2.93. The maximum Gasteiger partial charge on any atom is 0.339 e. The molecule has 21 heavy (non-hydrogen) atoms. The molecule has 0 saturated heterocycles. The molecular weight excluding hydrogens is 266 g/mol. The second kappa shape index (κ2) is 7.01. The Bertz CT molecular complexity index is 659. The Kier molecular flexibility index (Phi) is 4.84. The Balaban J connectivity index is 2.09. The molecule has 2 N–H and O–H groups in total. The summed E-state index contributed by atoms with van der Waals surface area (Å²) in [5.41, 5.74) is 7.66. The summed E-state index contributed by atoms with van der Waals surface area (Å²) >= 11 is 0. The number of anilines is 1. The summed E-state index contributed by atoms with van der Waals surface area (Å²) < 4.78 is 10.5. The zero-order valence-corrected chi connectivity index (χ0v) is 11.4. The van der Waals surface area contributed by atoms with Crippen LogP contribution in [0.2, 0.25) is 0 Å². The standard InChI is InChI=1S/C17H15NO3/c1-2-10-20-17(19)14-8-9-15(18)16(11-14)21-12-13-6-4-3-5-7-13/h1,3-9,11H,10,12,18H2. The first kappa shape index (κ1) is 14.5. The predicted molar refractivity (Wildman–Crippen MR) is 80.7 cm³/mol. The minimum atomic E-state index is -0.502. The van der Waals surface area contributed by atoms with E-state index < -0.39 is 5.97 Å². The van der Waals surface area contributed by atoms with E-state index in [0.717, 1.165) is 5.56 Å². The monoisotopic (exact) mass is 281 g/mol. The van der Waals surface area contributed by atoms with Gasteiger partial charge in [-0.3, -0.25) is 0 Å². The van der Waals surface area contributed by atoms with Crippen LogP contribution in [0.1, 0.15) is 15.9 Å². The first-order valence-electron chi connectivity index (χ1n) is 6.37. The molecule has 0 atom stereocenters. The van der Waals surface area contributed by atoms with Gasteiger partial charge in [-0.25, -0.2) is 4.79 Å². The van der Waals surface area contributed by atoms with Crippen LogP contribution in [0.25, 0.3) is 0 Å². The van der Waals surface area contributed by atoms with Crippen LogP contribution in [0.5, 0.6) is 5.75 Å². The molecule has 0 unspecified atom stereocenters. The molecule has 2 rings (SSSR count). The molecule has 0 aromatic heterocycles. The van der Waals surface area contributed by atoms with E-state index in [2.05, 4.69) is 5.92 Å². The number of nitrogen functional groups attached to an aromatic ring is 1. The van der Waals surface area contributed by atoms with Crippen LogP contribution in [-0.4, -0.2) is 12.6 Å². The zero-order chi connectivity index (χ0) is 15.1. The van der Waals surface area contributed by atoms with Gasteiger partial charge in [0.15, 0.2) is 6.61 Å². The number of carbonyl (C=O) groups is 1. The summed E-state index contributed by atoms with van der Waals surface area (Å²) in [6, 6.07) is 14.4. The van der Waals surface area contributed by atoms with Crippen LogP contribution < -0.4 is 10.5 Å². The highest BCUT2D eigenvalue weighted by Crippen LogP contribution is 2.24. The van der Waals surface area contributed by atoms with E-state index in [-0.39, 0.29) is 6.61 Å². The third-order valence-corrected chi connectivity index (χ3v) is 2.77. The number of ether oxygens (including phenoxy) is 2. The van der Waals surface area contributed by atoms with E-state index >= 15 is 0 Å². The Morgan fingerprint density at radius 3 is 2.67 bits per heavy atom. The van der Waals surface area contributed by atoms with Crippen LogP contribution in [-0.2, 0) is 11.3 Å². The molecule has 0 saturated carbocycles. The summed E-state index contributed by atoms with van der Waals surface area (Å²) in [5.74, 6) is 2.18. The molecule has 0 fully saturated rings. The van der Waals surface area contributed by atoms with Crippen molar-refractivity contribution in [2.24, 2.45) is 0 Å². The lowest BCUT2D eigenvalue weighted by Gasteiger charge is -2.10. The fourth-order valence-electron chi connectivity index (χ4n) is 1.71. The molecule has 0 heterocycles. The normalized spacial score (nSPS) is 9.67. The smallest absolute Gasteiger partial charge is 0.339 e. The lowest BCUT2D eigenvalue weighted by Crippen LogP contribution is -2.07. The Morgan fingerprint density at radius 2 is 1.95 bits per heavy atom. The van der Waals surface area contributed by atoms with E-state index in [9.17, 15) is 4.79 Å². The molecule has 106 valence electrons. The van der Waals surface area contributed by atoms with E-state index in [1.54, 1.807) is 18.2 Å². The Labute approximate surface area is 123 Å². The molecule has 0 aliphatic carbocycles. The fourth-order valence-corrected chi connectivity index (χ4v) is 1.71. The average molecular weight is 281 g/mol. The van der Waals surface area contributed by atoms with Gasteiger partial charge in [0.2, 0.25) is 0 Å². The van der Waals surface area contributed by atoms with Crippen molar-refractivity contribution in [2.45, 2.75) is 6.61 Å². The van der Waals surface area contributed by atoms with Gasteiger partial charge < -0.3 is 15.2 Å². The molecular formula is C17H15NO3. The third-order valence-electron chi connectivity index (χ3n) is 2.77. The molecule has 0 spiro atoms. The number of nitrogens with two attached hydrogens (primary N) is 1. The molecule has 0 radical (unpaired) electrons. The highest BCUT2D eigenvalue weighted by molar-refractivity contribution is 5.90. The second-order valence-electron chi connectivity index (χ2n) is 4.31. The summed E-state index contributed by atoms with van der Waals surface area (Å²) in [6.45, 7) is 0.303. The summed E-state index contributed by atoms with van der Waals surface area (Å²) in [4.78, 5) is 11.7. The van der Waals surface area contributed by atoms with Gasteiger partial charge in [0.25, 0.3) is 0 Å². The molecule has 2 aromatic carbocycles. The van der Waals surface area contributed by atoms with Crippen molar-refractivity contribution in [3.8, 4) is 18.1 Å². The van der Waals surface area contributed by atoms with E-state index in [4.69, 9.17) is 21.6 Å². The van der Waals surface area contributed by atoms with E-state index in [1.807, 2.05) is 30.3 Å². The van der Waals surface area contributed by atoms with Crippen molar-refractivity contribution in [3.63, 3.8) is 0 Å². The molecule has 4 heteroatoms. The van der Waals surface area contributed by atoms with E-state index in [1.165, 1.54) is 0 Å². The molecule has 2 aromatic rings. The van der Waals surface area contributed by atoms with E-state index in [0.29, 0.717) is 23.6 Å². The highest BCUT2D eigenvalue weighted by Gasteiger charge is 2.10. The van der Waals surface area contributed by atoms with Crippen LogP contribution in [0.4, 0.5) is 5.69 Å². The predicted octanol–water partition coefficient (Wildman–Crippen LogP) is 2.64. The topological polar surface area (TPSA) is 61.5 Å². The van der Waals surface area contributed by atoms with Gasteiger partial charge in [0.05, 0.1) is 11.3 Å². The van der Waals surface area contributed by atoms with Crippen LogP contribution >= 0.6 is 0 Å². The number of carbonyl (C=O) groups excluding carboxylic acids is 1. The van der Waals surface area contributed by atoms with Crippen molar-refractivity contribution in [1.82, 2.24) is 0 Å². The highest BCUT2D eigenvalue weighted by atomic mass is 16.5. The van der Waals surface area contributed by atoms with Gasteiger partial charge >= 0.3 is 5.97 Å². The maximum absolute atomic E-state index is 11.7. The summed E-state index contributed by atoms with van der Waals surface area (Å²) in [6.07, 6.45) is 5.05. The second-order valence-corrected chi connectivity index (χ2v) is 4.31. The van der Waals surface area contributed by atoms with Gasteiger partial charge in [-0.1, -0.05) is 36.3 Å². The lowest BCUT2D eigenvalue weighted by atomic mass is 10.2. The summed E-state index contributed by atoms with van der Waals surface area (Å²) in [5, 5.41) is 0. The van der Waals surface area contributed by atoms with Gasteiger partial charge in [-0.05, 0) is 23.8 Å². The number of esters is 1. The minimum Gasteiger partial charge on any atom is -0.487 e. The van der Waals surface area contributed by atoms with Gasteiger partial charge in [0.1, 0.15) is 12.4 Å². The SMILES string of the molecule is C#CCOC(=O)c1ccc(N)c(OCc2ccccc2)c1. The average Bonchev–Trinajstić information content (AvgIpc) is 2.52. The molecule has 0 aliphatic heterocycles. The third kappa shape index (κ3) is 4.02. The molecule has 0 bridgehead atoms. The number of rotatable bonds is 5. The van der Waals surface area contributed by atoms with Crippen LogP contribution in [0.3, 0.4) is 0 Å². The van der Waals surface area contributed by atoms with Crippen molar-refractivity contribution >= 4 is 11.7 Å². The van der Waals surface area contributed by atoms with Gasteiger partial charge in [0, 0.05) is 0 Å². The van der Waals surface area contributed by atoms with Crippen molar-refractivity contribution < 1.29 is 14.3 Å². The molecule has 4 nitrogen and oxygen atoms in total. The number of terminal acetylenes is 1. The lowest BCUT2D eigenvalue weighted by molar-refractivity contribution is 0.0556. The van der Waals surface area contributed by atoms with Gasteiger partial charge in [-0.15, -0.1) is 6.42 Å². The van der Waals surface area contributed by atoms with Gasteiger partial charge in [-0.2, -0.15) is 0 Å². The van der Waals surface area contributed by atoms with Crippen molar-refractivity contribution in [3.05, 3.63) is 59.7 Å². The first-order valence-corrected chi connectivity index (χ1v) is 6.37. The largest absolute Gasteiger partial charge is 0.487 e. The molecule has 0 aliphatic rings. The quantitative estimate of drug-likeness (QED) is 0.520. The van der Waals surface area contributed by atoms with Crippen LogP contribution in [0, 0.1) is 12.3 Å². The van der Waals surface area contributed by atoms with Crippen molar-refractivity contribution in [1.29, 1.82) is 0 Å². The zero-order valence-electron chi connectivity index (χ0n) is 11.4. The number of benzene rings is 2. The molecule has 0 amide bonds. The number of hydrogen-bond donors (Lipinski definition) is 1.